The van der Waals surface area contributed by atoms with Crippen molar-refractivity contribution in [2.45, 2.75) is 26.7 Å². The van der Waals surface area contributed by atoms with Gasteiger partial charge in [-0.2, -0.15) is 0 Å². The van der Waals surface area contributed by atoms with E-state index in [1.54, 1.807) is 36.4 Å². The average molecular weight is 312 g/mol. The number of hydrogen-bond acceptors (Lipinski definition) is 4. The van der Waals surface area contributed by atoms with Gasteiger partial charge < -0.3 is 9.47 Å². The van der Waals surface area contributed by atoms with E-state index in [-0.39, 0.29) is 11.1 Å². The fraction of sp³-hybridized carbons (Fsp3) is 0.263. The summed E-state index contributed by atoms with van der Waals surface area (Å²) in [6.45, 7) is 4.31. The molecule has 0 saturated carbocycles. The molecule has 0 spiro atoms. The number of hydrogen-bond donors (Lipinski definition) is 0. The Morgan fingerprint density at radius 1 is 0.913 bits per heavy atom. The number of carbonyl (C=O) groups excluding carboxylic acids is 2. The Morgan fingerprint density at radius 2 is 1.52 bits per heavy atom. The zero-order valence-corrected chi connectivity index (χ0v) is 13.4. The van der Waals surface area contributed by atoms with Gasteiger partial charge in [-0.05, 0) is 37.6 Å². The van der Waals surface area contributed by atoms with Crippen LogP contribution in [-0.2, 0) is 4.74 Å². The highest BCUT2D eigenvalue weighted by Gasteiger charge is 2.19. The first kappa shape index (κ1) is 16.7. The largest absolute Gasteiger partial charge is 0.462 e. The fourth-order valence-electron chi connectivity index (χ4n) is 1.99. The van der Waals surface area contributed by atoms with Crippen LogP contribution < -0.4 is 4.74 Å². The van der Waals surface area contributed by atoms with Gasteiger partial charge in [-0.1, -0.05) is 43.2 Å². The number of rotatable bonds is 6. The van der Waals surface area contributed by atoms with Gasteiger partial charge in [0.15, 0.2) is 0 Å². The van der Waals surface area contributed by atoms with Crippen molar-refractivity contribution in [3.05, 3.63) is 65.2 Å². The van der Waals surface area contributed by atoms with Gasteiger partial charge in [-0.3, -0.25) is 0 Å². The van der Waals surface area contributed by atoms with E-state index in [9.17, 15) is 9.59 Å². The molecular formula is C19H20O4. The SMILES string of the molecule is CCCCOC(=O)c1ccccc1C(=O)Oc1ccc(C)cc1. The molecule has 2 aromatic rings. The van der Waals surface area contributed by atoms with Gasteiger partial charge in [0.2, 0.25) is 0 Å². The molecule has 0 aromatic heterocycles. The lowest BCUT2D eigenvalue weighted by Crippen LogP contribution is -2.16. The Balaban J connectivity index is 2.13. The van der Waals surface area contributed by atoms with Gasteiger partial charge in [0.25, 0.3) is 0 Å². The number of carbonyl (C=O) groups is 2. The molecule has 0 aliphatic carbocycles. The van der Waals surface area contributed by atoms with Crippen LogP contribution in [-0.4, -0.2) is 18.5 Å². The molecule has 2 rings (SSSR count). The third-order valence-electron chi connectivity index (χ3n) is 3.33. The number of ether oxygens (including phenoxy) is 2. The van der Waals surface area contributed by atoms with Crippen LogP contribution in [0.25, 0.3) is 0 Å². The Kier molecular flexibility index (Phi) is 5.92. The molecule has 0 aliphatic heterocycles. The first-order chi connectivity index (χ1) is 11.1. The summed E-state index contributed by atoms with van der Waals surface area (Å²) in [5, 5.41) is 0. The molecule has 0 amide bonds. The predicted molar refractivity (Wildman–Crippen MR) is 87.8 cm³/mol. The molecule has 0 saturated heterocycles. The van der Waals surface area contributed by atoms with Crippen LogP contribution in [0.2, 0.25) is 0 Å². The van der Waals surface area contributed by atoms with E-state index >= 15 is 0 Å². The summed E-state index contributed by atoms with van der Waals surface area (Å²) in [7, 11) is 0. The van der Waals surface area contributed by atoms with Crippen molar-refractivity contribution in [2.75, 3.05) is 6.61 Å². The Hall–Kier alpha value is -2.62. The maximum atomic E-state index is 12.3. The van der Waals surface area contributed by atoms with Crippen LogP contribution in [0.15, 0.2) is 48.5 Å². The van der Waals surface area contributed by atoms with E-state index < -0.39 is 11.9 Å². The van der Waals surface area contributed by atoms with Crippen molar-refractivity contribution < 1.29 is 19.1 Å². The lowest BCUT2D eigenvalue weighted by molar-refractivity contribution is 0.0491. The molecule has 4 nitrogen and oxygen atoms in total. The summed E-state index contributed by atoms with van der Waals surface area (Å²) in [5.74, 6) is -0.637. The van der Waals surface area contributed by atoms with Gasteiger partial charge in [-0.25, -0.2) is 9.59 Å². The third-order valence-corrected chi connectivity index (χ3v) is 3.33. The van der Waals surface area contributed by atoms with Crippen molar-refractivity contribution in [2.24, 2.45) is 0 Å². The molecule has 23 heavy (non-hydrogen) atoms. The lowest BCUT2D eigenvalue weighted by atomic mass is 10.1. The Bertz CT molecular complexity index is 674. The van der Waals surface area contributed by atoms with Gasteiger partial charge in [0.1, 0.15) is 5.75 Å². The highest BCUT2D eigenvalue weighted by atomic mass is 16.5. The Labute approximate surface area is 136 Å². The minimum Gasteiger partial charge on any atom is -0.462 e. The van der Waals surface area contributed by atoms with Crippen LogP contribution in [0.5, 0.6) is 5.75 Å². The molecule has 4 heteroatoms. The van der Waals surface area contributed by atoms with E-state index in [4.69, 9.17) is 9.47 Å². The molecule has 0 unspecified atom stereocenters. The standard InChI is InChI=1S/C19H20O4/c1-3-4-13-22-18(20)16-7-5-6-8-17(16)19(21)23-15-11-9-14(2)10-12-15/h5-12H,3-4,13H2,1-2H3. The molecule has 120 valence electrons. The van der Waals surface area contributed by atoms with Crippen LogP contribution in [0.1, 0.15) is 46.0 Å². The van der Waals surface area contributed by atoms with E-state index in [0.29, 0.717) is 12.4 Å². The maximum Gasteiger partial charge on any atom is 0.344 e. The smallest absolute Gasteiger partial charge is 0.344 e. The van der Waals surface area contributed by atoms with Crippen molar-refractivity contribution in [1.29, 1.82) is 0 Å². The number of esters is 2. The lowest BCUT2D eigenvalue weighted by Gasteiger charge is -2.09. The highest BCUT2D eigenvalue weighted by molar-refractivity contribution is 6.03. The summed E-state index contributed by atoms with van der Waals surface area (Å²) in [6.07, 6.45) is 1.73. The van der Waals surface area contributed by atoms with Gasteiger partial charge in [0, 0.05) is 0 Å². The summed E-state index contributed by atoms with van der Waals surface area (Å²) in [4.78, 5) is 24.4. The number of aryl methyl sites for hydroxylation is 1. The van der Waals surface area contributed by atoms with E-state index in [1.807, 2.05) is 26.0 Å². The molecule has 0 atom stereocenters. The molecule has 2 aromatic carbocycles. The minimum absolute atomic E-state index is 0.203. The Morgan fingerprint density at radius 3 is 2.13 bits per heavy atom. The predicted octanol–water partition coefficient (Wildman–Crippen LogP) is 4.17. The van der Waals surface area contributed by atoms with E-state index in [2.05, 4.69) is 0 Å². The second-order valence-corrected chi connectivity index (χ2v) is 5.24. The van der Waals surface area contributed by atoms with Crippen molar-refractivity contribution in [1.82, 2.24) is 0 Å². The molecule has 0 radical (unpaired) electrons. The van der Waals surface area contributed by atoms with Crippen molar-refractivity contribution in [3.63, 3.8) is 0 Å². The first-order valence-corrected chi connectivity index (χ1v) is 7.67. The molecule has 0 aliphatic rings. The molecule has 0 fully saturated rings. The fourth-order valence-corrected chi connectivity index (χ4v) is 1.99. The first-order valence-electron chi connectivity index (χ1n) is 7.67. The second-order valence-electron chi connectivity index (χ2n) is 5.24. The van der Waals surface area contributed by atoms with Crippen molar-refractivity contribution in [3.8, 4) is 5.75 Å². The molecule has 0 bridgehead atoms. The normalized spacial score (nSPS) is 10.2. The second kappa shape index (κ2) is 8.13. The molecule has 0 N–H and O–H groups in total. The molecular weight excluding hydrogens is 292 g/mol. The third kappa shape index (κ3) is 4.68. The zero-order chi connectivity index (χ0) is 16.7. The van der Waals surface area contributed by atoms with Crippen LogP contribution >= 0.6 is 0 Å². The van der Waals surface area contributed by atoms with Crippen LogP contribution in [0.4, 0.5) is 0 Å². The zero-order valence-electron chi connectivity index (χ0n) is 13.4. The van der Waals surface area contributed by atoms with Crippen LogP contribution in [0, 0.1) is 6.92 Å². The van der Waals surface area contributed by atoms with Crippen molar-refractivity contribution >= 4 is 11.9 Å². The topological polar surface area (TPSA) is 52.6 Å². The van der Waals surface area contributed by atoms with Gasteiger partial charge >= 0.3 is 11.9 Å². The monoisotopic (exact) mass is 312 g/mol. The summed E-state index contributed by atoms with van der Waals surface area (Å²) in [6, 6.07) is 13.7. The average Bonchev–Trinajstić information content (AvgIpc) is 2.57. The number of unbranched alkanes of at least 4 members (excludes halogenated alkanes) is 1. The van der Waals surface area contributed by atoms with Gasteiger partial charge in [0.05, 0.1) is 17.7 Å². The summed E-state index contributed by atoms with van der Waals surface area (Å²) < 4.78 is 10.5. The summed E-state index contributed by atoms with van der Waals surface area (Å²) in [5.41, 5.74) is 1.50. The highest BCUT2D eigenvalue weighted by Crippen LogP contribution is 2.17. The van der Waals surface area contributed by atoms with E-state index in [1.165, 1.54) is 0 Å². The minimum atomic E-state index is -0.572. The maximum absolute atomic E-state index is 12.3. The van der Waals surface area contributed by atoms with E-state index in [0.717, 1.165) is 18.4 Å². The quantitative estimate of drug-likeness (QED) is 0.456. The molecule has 0 heterocycles. The number of benzene rings is 2. The van der Waals surface area contributed by atoms with Crippen LogP contribution in [0.3, 0.4) is 0 Å². The summed E-state index contributed by atoms with van der Waals surface area (Å²) >= 11 is 0. The van der Waals surface area contributed by atoms with Gasteiger partial charge in [-0.15, -0.1) is 0 Å².